The molecular formula is C11H16N6. The van der Waals surface area contributed by atoms with Crippen molar-refractivity contribution < 1.29 is 0 Å². The van der Waals surface area contributed by atoms with Crippen molar-refractivity contribution in [3.8, 4) is 0 Å². The third kappa shape index (κ3) is 2.35. The van der Waals surface area contributed by atoms with Crippen LogP contribution in [-0.2, 0) is 13.5 Å². The number of anilines is 3. The van der Waals surface area contributed by atoms with Gasteiger partial charge in [0.2, 0.25) is 0 Å². The van der Waals surface area contributed by atoms with E-state index in [0.717, 1.165) is 23.6 Å². The van der Waals surface area contributed by atoms with Gasteiger partial charge in [-0.05, 0) is 6.92 Å². The fraction of sp³-hybridized carbons (Fsp3) is 0.364. The van der Waals surface area contributed by atoms with Gasteiger partial charge in [0.1, 0.15) is 17.5 Å². The van der Waals surface area contributed by atoms with Crippen molar-refractivity contribution >= 4 is 17.5 Å². The summed E-state index contributed by atoms with van der Waals surface area (Å²) >= 11 is 0. The minimum absolute atomic E-state index is 0.510. The summed E-state index contributed by atoms with van der Waals surface area (Å²) < 4.78 is 1.73. The molecule has 0 aliphatic rings. The van der Waals surface area contributed by atoms with Crippen LogP contribution in [-0.4, -0.2) is 19.7 Å². The van der Waals surface area contributed by atoms with E-state index in [4.69, 9.17) is 5.73 Å². The van der Waals surface area contributed by atoms with Gasteiger partial charge in [-0.3, -0.25) is 4.68 Å². The molecule has 2 rings (SSSR count). The van der Waals surface area contributed by atoms with Crippen molar-refractivity contribution in [3.63, 3.8) is 0 Å². The Labute approximate surface area is 99.9 Å². The Morgan fingerprint density at radius 2 is 2.18 bits per heavy atom. The van der Waals surface area contributed by atoms with Gasteiger partial charge in [-0.1, -0.05) is 6.92 Å². The zero-order chi connectivity index (χ0) is 12.4. The molecule has 2 aromatic rings. The van der Waals surface area contributed by atoms with Crippen molar-refractivity contribution in [2.45, 2.75) is 20.3 Å². The minimum Gasteiger partial charge on any atom is -0.383 e. The number of nitrogens with zero attached hydrogens (tertiary/aromatic N) is 4. The van der Waals surface area contributed by atoms with E-state index in [-0.39, 0.29) is 0 Å². The van der Waals surface area contributed by atoms with Crippen LogP contribution in [0, 0.1) is 6.92 Å². The molecule has 17 heavy (non-hydrogen) atoms. The molecule has 6 heteroatoms. The molecule has 0 bridgehead atoms. The van der Waals surface area contributed by atoms with Crippen molar-refractivity contribution in [3.05, 3.63) is 23.7 Å². The second-order valence-electron chi connectivity index (χ2n) is 3.85. The van der Waals surface area contributed by atoms with E-state index in [9.17, 15) is 0 Å². The molecule has 0 aliphatic heterocycles. The van der Waals surface area contributed by atoms with Crippen LogP contribution < -0.4 is 11.1 Å². The van der Waals surface area contributed by atoms with Gasteiger partial charge < -0.3 is 11.1 Å². The van der Waals surface area contributed by atoms with Crippen LogP contribution in [0.25, 0.3) is 0 Å². The first kappa shape index (κ1) is 11.4. The number of rotatable bonds is 3. The molecule has 0 atom stereocenters. The Bertz CT molecular complexity index is 531. The molecule has 0 aliphatic carbocycles. The smallest absolute Gasteiger partial charge is 0.153 e. The molecule has 6 nitrogen and oxygen atoms in total. The topological polar surface area (TPSA) is 81.6 Å². The van der Waals surface area contributed by atoms with Gasteiger partial charge in [0.05, 0.1) is 0 Å². The van der Waals surface area contributed by atoms with Crippen LogP contribution in [0.3, 0.4) is 0 Å². The minimum atomic E-state index is 0.510. The van der Waals surface area contributed by atoms with E-state index >= 15 is 0 Å². The molecular weight excluding hydrogens is 216 g/mol. The van der Waals surface area contributed by atoms with Crippen LogP contribution in [0.4, 0.5) is 17.5 Å². The lowest BCUT2D eigenvalue weighted by Crippen LogP contribution is -2.06. The highest BCUT2D eigenvalue weighted by Crippen LogP contribution is 2.20. The molecule has 0 unspecified atom stereocenters. The van der Waals surface area contributed by atoms with Gasteiger partial charge in [0.25, 0.3) is 0 Å². The van der Waals surface area contributed by atoms with Crippen molar-refractivity contribution in [1.29, 1.82) is 0 Å². The molecule has 2 aromatic heterocycles. The Morgan fingerprint density at radius 1 is 1.41 bits per heavy atom. The second kappa shape index (κ2) is 4.40. The number of nitrogens with one attached hydrogen (secondary N) is 1. The zero-order valence-corrected chi connectivity index (χ0v) is 10.2. The number of nitrogens with two attached hydrogens (primary N) is 1. The Balaban J connectivity index is 2.34. The maximum atomic E-state index is 5.84. The number of aryl methyl sites for hydroxylation is 2. The standard InChI is InChI=1S/C11H16N6/c1-4-8-13-10(12)7(2)11(14-8)15-9-5-6-17(3)16-9/h5-6H,4H2,1-3H3,(H3,12,13,14,15,16). The monoisotopic (exact) mass is 232 g/mol. The van der Waals surface area contributed by atoms with Crippen LogP contribution in [0.2, 0.25) is 0 Å². The molecule has 0 aromatic carbocycles. The van der Waals surface area contributed by atoms with Crippen molar-refractivity contribution in [1.82, 2.24) is 19.7 Å². The maximum absolute atomic E-state index is 5.84. The molecule has 0 saturated carbocycles. The van der Waals surface area contributed by atoms with E-state index in [0.29, 0.717) is 11.6 Å². The highest BCUT2D eigenvalue weighted by Gasteiger charge is 2.08. The van der Waals surface area contributed by atoms with Crippen LogP contribution in [0.1, 0.15) is 18.3 Å². The first-order valence-corrected chi connectivity index (χ1v) is 5.49. The lowest BCUT2D eigenvalue weighted by Gasteiger charge is -2.09. The molecule has 3 N–H and O–H groups in total. The molecule has 0 saturated heterocycles. The van der Waals surface area contributed by atoms with E-state index in [1.165, 1.54) is 0 Å². The summed E-state index contributed by atoms with van der Waals surface area (Å²) in [5, 5.41) is 7.38. The predicted molar refractivity (Wildman–Crippen MR) is 67.1 cm³/mol. The fourth-order valence-corrected chi connectivity index (χ4v) is 1.46. The Hall–Kier alpha value is -2.11. The SMILES string of the molecule is CCc1nc(N)c(C)c(Nc2ccn(C)n2)n1. The summed E-state index contributed by atoms with van der Waals surface area (Å²) in [5.41, 5.74) is 6.68. The molecule has 2 heterocycles. The van der Waals surface area contributed by atoms with Gasteiger partial charge in [0.15, 0.2) is 5.82 Å². The summed E-state index contributed by atoms with van der Waals surface area (Å²) in [4.78, 5) is 8.60. The largest absolute Gasteiger partial charge is 0.383 e. The number of aromatic nitrogens is 4. The van der Waals surface area contributed by atoms with Crippen molar-refractivity contribution in [2.75, 3.05) is 11.1 Å². The summed E-state index contributed by atoms with van der Waals surface area (Å²) in [6.45, 7) is 3.88. The van der Waals surface area contributed by atoms with Crippen LogP contribution >= 0.6 is 0 Å². The van der Waals surface area contributed by atoms with Gasteiger partial charge >= 0.3 is 0 Å². The lowest BCUT2D eigenvalue weighted by molar-refractivity contribution is 0.771. The summed E-state index contributed by atoms with van der Waals surface area (Å²) in [5.74, 6) is 2.70. The van der Waals surface area contributed by atoms with Gasteiger partial charge in [-0.2, -0.15) is 5.10 Å². The Morgan fingerprint density at radius 3 is 2.76 bits per heavy atom. The average molecular weight is 232 g/mol. The Kier molecular flexibility index (Phi) is 2.95. The molecule has 0 spiro atoms. The second-order valence-corrected chi connectivity index (χ2v) is 3.85. The molecule has 0 fully saturated rings. The number of nitrogen functional groups attached to an aromatic ring is 1. The highest BCUT2D eigenvalue weighted by molar-refractivity contribution is 5.61. The first-order valence-electron chi connectivity index (χ1n) is 5.49. The molecule has 0 radical (unpaired) electrons. The fourth-order valence-electron chi connectivity index (χ4n) is 1.46. The van der Waals surface area contributed by atoms with Gasteiger partial charge in [-0.25, -0.2) is 9.97 Å². The summed E-state index contributed by atoms with van der Waals surface area (Å²) in [6, 6.07) is 1.88. The average Bonchev–Trinajstić information content (AvgIpc) is 2.70. The van der Waals surface area contributed by atoms with Crippen molar-refractivity contribution in [2.24, 2.45) is 7.05 Å². The third-order valence-corrected chi connectivity index (χ3v) is 2.51. The van der Waals surface area contributed by atoms with E-state index in [1.54, 1.807) is 4.68 Å². The molecule has 0 amide bonds. The number of hydrogen-bond acceptors (Lipinski definition) is 5. The zero-order valence-electron chi connectivity index (χ0n) is 10.2. The quantitative estimate of drug-likeness (QED) is 0.836. The third-order valence-electron chi connectivity index (χ3n) is 2.51. The number of hydrogen-bond donors (Lipinski definition) is 2. The van der Waals surface area contributed by atoms with E-state index < -0.39 is 0 Å². The summed E-state index contributed by atoms with van der Waals surface area (Å²) in [6.07, 6.45) is 2.62. The van der Waals surface area contributed by atoms with Gasteiger partial charge in [0, 0.05) is 31.3 Å². The normalized spacial score (nSPS) is 10.5. The van der Waals surface area contributed by atoms with Crippen LogP contribution in [0.15, 0.2) is 12.3 Å². The first-order chi connectivity index (χ1) is 8.10. The highest BCUT2D eigenvalue weighted by atomic mass is 15.3. The van der Waals surface area contributed by atoms with Crippen LogP contribution in [0.5, 0.6) is 0 Å². The maximum Gasteiger partial charge on any atom is 0.153 e. The predicted octanol–water partition coefficient (Wildman–Crippen LogP) is 1.41. The van der Waals surface area contributed by atoms with Gasteiger partial charge in [-0.15, -0.1) is 0 Å². The lowest BCUT2D eigenvalue weighted by atomic mass is 10.3. The molecule has 90 valence electrons. The summed E-state index contributed by atoms with van der Waals surface area (Å²) in [7, 11) is 1.86. The van der Waals surface area contributed by atoms with E-state index in [2.05, 4.69) is 20.4 Å². The van der Waals surface area contributed by atoms with E-state index in [1.807, 2.05) is 33.2 Å².